The molecule has 6 heteroatoms. The van der Waals surface area contributed by atoms with E-state index in [9.17, 15) is 14.4 Å². The normalized spacial score (nSPS) is 12.9. The lowest BCUT2D eigenvalue weighted by Gasteiger charge is -2.17. The Morgan fingerprint density at radius 1 is 0.742 bits per heavy atom. The first-order valence-corrected chi connectivity index (χ1v) is 12.7. The Morgan fingerprint density at radius 2 is 1.29 bits per heavy atom. The lowest BCUT2D eigenvalue weighted by molar-refractivity contribution is -0.147. The summed E-state index contributed by atoms with van der Waals surface area (Å²) < 4.78 is 5.32. The van der Waals surface area contributed by atoms with E-state index in [0.29, 0.717) is 18.9 Å². The van der Waals surface area contributed by atoms with Crippen molar-refractivity contribution in [2.45, 2.75) is 130 Å². The van der Waals surface area contributed by atoms with Gasteiger partial charge in [0.15, 0.2) is 0 Å². The van der Waals surface area contributed by atoms with Crippen molar-refractivity contribution in [1.82, 2.24) is 5.32 Å². The molecule has 0 aliphatic carbocycles. The smallest absolute Gasteiger partial charge is 0.322 e. The van der Waals surface area contributed by atoms with Gasteiger partial charge in [0.1, 0.15) is 6.04 Å². The number of rotatable bonds is 20. The molecule has 6 nitrogen and oxygen atoms in total. The summed E-state index contributed by atoms with van der Waals surface area (Å²) in [5.41, 5.74) is 5.85. The first-order valence-electron chi connectivity index (χ1n) is 12.7. The zero-order valence-electron chi connectivity index (χ0n) is 20.4. The number of carbonyl (C=O) groups is 3. The fourth-order valence-corrected chi connectivity index (χ4v) is 3.49. The van der Waals surface area contributed by atoms with Crippen LogP contribution in [0, 0.1) is 5.92 Å². The second-order valence-corrected chi connectivity index (χ2v) is 8.74. The monoisotopic (exact) mass is 440 g/mol. The first kappa shape index (κ1) is 29.6. The topological polar surface area (TPSA) is 98.5 Å². The number of hydrogen-bond donors (Lipinski definition) is 2. The van der Waals surface area contributed by atoms with E-state index in [1.165, 1.54) is 38.5 Å². The van der Waals surface area contributed by atoms with E-state index in [1.54, 1.807) is 0 Å². The number of carbonyl (C=O) groups excluding carboxylic acids is 3. The summed E-state index contributed by atoms with van der Waals surface area (Å²) in [6.07, 6.45) is 15.5. The summed E-state index contributed by atoms with van der Waals surface area (Å²) in [5, 5.41) is 2.40. The Kier molecular flexibility index (Phi) is 19.5. The van der Waals surface area contributed by atoms with Crippen molar-refractivity contribution >= 4 is 17.8 Å². The van der Waals surface area contributed by atoms with Gasteiger partial charge in [-0.05, 0) is 25.2 Å². The zero-order chi connectivity index (χ0) is 23.3. The molecule has 31 heavy (non-hydrogen) atoms. The maximum Gasteiger partial charge on any atom is 0.322 e. The van der Waals surface area contributed by atoms with E-state index in [1.807, 2.05) is 0 Å². The molecule has 0 rings (SSSR count). The minimum absolute atomic E-state index is 0.0484. The van der Waals surface area contributed by atoms with Gasteiger partial charge in [-0.2, -0.15) is 0 Å². The molecule has 0 saturated heterocycles. The molecule has 0 aromatic rings. The van der Waals surface area contributed by atoms with Gasteiger partial charge >= 0.3 is 5.97 Å². The summed E-state index contributed by atoms with van der Waals surface area (Å²) in [6, 6.07) is -0.832. The molecule has 0 bridgehead atoms. The molecule has 0 aromatic carbocycles. The zero-order valence-corrected chi connectivity index (χ0v) is 20.4. The minimum atomic E-state index is -0.832. The number of amides is 2. The van der Waals surface area contributed by atoms with Gasteiger partial charge in [-0.15, -0.1) is 0 Å². The Bertz CT molecular complexity index is 482. The standard InChI is InChI=1S/C25H48N2O4/c1-4-7-9-10-11-12-13-14-15-17-23(28)27-24(29)19-18-22(26)25(30)31-20-21(6-3)16-8-5-2/h21-22H,4-20,26H2,1-3H3,(H,27,28,29). The molecule has 0 aliphatic rings. The predicted molar refractivity (Wildman–Crippen MR) is 126 cm³/mol. The molecule has 182 valence electrons. The molecular formula is C25H48N2O4. The number of ether oxygens (including phenoxy) is 1. The number of imide groups is 1. The quantitative estimate of drug-likeness (QED) is 0.195. The van der Waals surface area contributed by atoms with Crippen LogP contribution in [0.25, 0.3) is 0 Å². The molecule has 0 saturated carbocycles. The van der Waals surface area contributed by atoms with E-state index in [4.69, 9.17) is 10.5 Å². The number of hydrogen-bond acceptors (Lipinski definition) is 5. The Hall–Kier alpha value is -1.43. The second kappa shape index (κ2) is 20.5. The fourth-order valence-electron chi connectivity index (χ4n) is 3.49. The van der Waals surface area contributed by atoms with Gasteiger partial charge in [0.2, 0.25) is 11.8 Å². The third kappa shape index (κ3) is 17.9. The van der Waals surface area contributed by atoms with Crippen LogP contribution in [-0.4, -0.2) is 30.4 Å². The van der Waals surface area contributed by atoms with Crippen molar-refractivity contribution in [2.75, 3.05) is 6.61 Å². The van der Waals surface area contributed by atoms with E-state index in [-0.39, 0.29) is 24.7 Å². The third-order valence-electron chi connectivity index (χ3n) is 5.78. The molecule has 0 fully saturated rings. The van der Waals surface area contributed by atoms with Gasteiger partial charge in [-0.3, -0.25) is 19.7 Å². The van der Waals surface area contributed by atoms with Gasteiger partial charge in [-0.25, -0.2) is 0 Å². The first-order chi connectivity index (χ1) is 14.9. The van der Waals surface area contributed by atoms with Crippen molar-refractivity contribution in [3.63, 3.8) is 0 Å². The Morgan fingerprint density at radius 3 is 1.87 bits per heavy atom. The maximum absolute atomic E-state index is 12.0. The van der Waals surface area contributed by atoms with Crippen LogP contribution < -0.4 is 11.1 Å². The molecule has 2 atom stereocenters. The van der Waals surface area contributed by atoms with Gasteiger partial charge < -0.3 is 10.5 Å². The van der Waals surface area contributed by atoms with Gasteiger partial charge in [0, 0.05) is 12.8 Å². The van der Waals surface area contributed by atoms with Crippen LogP contribution in [0.15, 0.2) is 0 Å². The molecule has 2 amide bonds. The van der Waals surface area contributed by atoms with Crippen LogP contribution in [0.2, 0.25) is 0 Å². The van der Waals surface area contributed by atoms with E-state index < -0.39 is 12.0 Å². The largest absolute Gasteiger partial charge is 0.464 e. The lowest BCUT2D eigenvalue weighted by atomic mass is 10.0. The molecule has 3 N–H and O–H groups in total. The second-order valence-electron chi connectivity index (χ2n) is 8.74. The van der Waals surface area contributed by atoms with Crippen LogP contribution in [0.5, 0.6) is 0 Å². The van der Waals surface area contributed by atoms with Crippen LogP contribution >= 0.6 is 0 Å². The average molecular weight is 441 g/mol. The lowest BCUT2D eigenvalue weighted by Crippen LogP contribution is -2.36. The van der Waals surface area contributed by atoms with Crippen molar-refractivity contribution in [3.8, 4) is 0 Å². The number of unbranched alkanes of at least 4 members (excludes halogenated alkanes) is 9. The Labute approximate surface area is 190 Å². The highest BCUT2D eigenvalue weighted by Crippen LogP contribution is 2.13. The number of esters is 1. The molecular weight excluding hydrogens is 392 g/mol. The summed E-state index contributed by atoms with van der Waals surface area (Å²) in [6.45, 7) is 6.83. The highest BCUT2D eigenvalue weighted by atomic mass is 16.5. The van der Waals surface area contributed by atoms with Crippen molar-refractivity contribution in [2.24, 2.45) is 11.7 Å². The highest BCUT2D eigenvalue weighted by molar-refractivity contribution is 5.95. The summed E-state index contributed by atoms with van der Waals surface area (Å²) in [4.78, 5) is 35.8. The van der Waals surface area contributed by atoms with E-state index in [0.717, 1.165) is 44.9 Å². The summed E-state index contributed by atoms with van der Waals surface area (Å²) >= 11 is 0. The summed E-state index contributed by atoms with van der Waals surface area (Å²) in [5.74, 6) is -0.730. The number of nitrogens with two attached hydrogens (primary N) is 1. The van der Waals surface area contributed by atoms with E-state index >= 15 is 0 Å². The predicted octanol–water partition coefficient (Wildman–Crippen LogP) is 5.42. The maximum atomic E-state index is 12.0. The molecule has 0 spiro atoms. The third-order valence-corrected chi connectivity index (χ3v) is 5.78. The van der Waals surface area contributed by atoms with Gasteiger partial charge in [-0.1, -0.05) is 91.4 Å². The van der Waals surface area contributed by atoms with Crippen molar-refractivity contribution < 1.29 is 19.1 Å². The summed E-state index contributed by atoms with van der Waals surface area (Å²) in [7, 11) is 0. The van der Waals surface area contributed by atoms with Crippen LogP contribution in [0.1, 0.15) is 124 Å². The Balaban J connectivity index is 3.81. The van der Waals surface area contributed by atoms with Crippen LogP contribution in [0.4, 0.5) is 0 Å². The average Bonchev–Trinajstić information content (AvgIpc) is 2.76. The fraction of sp³-hybridized carbons (Fsp3) is 0.880. The van der Waals surface area contributed by atoms with Crippen molar-refractivity contribution in [1.29, 1.82) is 0 Å². The van der Waals surface area contributed by atoms with Crippen LogP contribution in [-0.2, 0) is 19.1 Å². The SMILES string of the molecule is CCCCCCCCCCCC(=O)NC(=O)CCC(N)C(=O)OCC(CC)CCCC. The van der Waals surface area contributed by atoms with Gasteiger partial charge in [0.05, 0.1) is 6.61 Å². The molecule has 0 radical (unpaired) electrons. The molecule has 0 aromatic heterocycles. The van der Waals surface area contributed by atoms with E-state index in [2.05, 4.69) is 26.1 Å². The molecule has 2 unspecified atom stereocenters. The van der Waals surface area contributed by atoms with Crippen molar-refractivity contribution in [3.05, 3.63) is 0 Å². The highest BCUT2D eigenvalue weighted by Gasteiger charge is 2.19. The number of nitrogens with one attached hydrogen (secondary N) is 1. The van der Waals surface area contributed by atoms with Crippen LogP contribution in [0.3, 0.4) is 0 Å². The van der Waals surface area contributed by atoms with Gasteiger partial charge in [0.25, 0.3) is 0 Å². The molecule has 0 aliphatic heterocycles. The minimum Gasteiger partial charge on any atom is -0.464 e. The molecule has 0 heterocycles.